The van der Waals surface area contributed by atoms with Crippen LogP contribution in [0.25, 0.3) is 0 Å². The second-order valence-electron chi connectivity index (χ2n) is 14.3. The molecule has 0 aliphatic heterocycles. The predicted octanol–water partition coefficient (Wildman–Crippen LogP) is 12.0. The van der Waals surface area contributed by atoms with Crippen molar-refractivity contribution < 1.29 is 19.1 Å². The van der Waals surface area contributed by atoms with Crippen LogP contribution in [0.2, 0.25) is 0 Å². The highest BCUT2D eigenvalue weighted by molar-refractivity contribution is 8.13. The summed E-state index contributed by atoms with van der Waals surface area (Å²) in [7, 11) is 0. The van der Waals surface area contributed by atoms with E-state index in [4.69, 9.17) is 4.74 Å². The summed E-state index contributed by atoms with van der Waals surface area (Å²) in [5, 5.41) is 2.96. The van der Waals surface area contributed by atoms with E-state index in [1.54, 1.807) is 0 Å². The normalized spacial score (nSPS) is 12.3. The number of unbranched alkanes of at least 4 members (excludes halogenated alkanes) is 24. The molecule has 0 aliphatic rings. The maximum Gasteiger partial charge on any atom is 0.330 e. The molecule has 0 bridgehead atoms. The van der Waals surface area contributed by atoms with E-state index in [0.29, 0.717) is 12.8 Å². The van der Waals surface area contributed by atoms with Gasteiger partial charge in [0.1, 0.15) is 11.6 Å². The first-order valence-corrected chi connectivity index (χ1v) is 20.4. The number of ether oxygens (including phenoxy) is 1. The Morgan fingerprint density at radius 1 is 0.533 bits per heavy atom. The molecule has 0 aliphatic carbocycles. The van der Waals surface area contributed by atoms with Crippen LogP contribution in [0.5, 0.6) is 0 Å². The third-order valence-electron chi connectivity index (χ3n) is 8.43. The lowest BCUT2D eigenvalue weighted by Gasteiger charge is -2.24. The summed E-state index contributed by atoms with van der Waals surface area (Å²) in [6.45, 7) is 10.00. The Kier molecular flexibility index (Phi) is 30.8. The van der Waals surface area contributed by atoms with Crippen LogP contribution in [0.3, 0.4) is 0 Å². The summed E-state index contributed by atoms with van der Waals surface area (Å²) in [5.41, 5.74) is -0.640. The summed E-state index contributed by atoms with van der Waals surface area (Å²) >= 11 is 1.16. The molecular weight excluding hydrogens is 578 g/mol. The molecule has 0 aromatic carbocycles. The minimum Gasteiger partial charge on any atom is -0.458 e. The van der Waals surface area contributed by atoms with Crippen LogP contribution in [0, 0.1) is 0 Å². The smallest absolute Gasteiger partial charge is 0.330 e. The van der Waals surface area contributed by atoms with Crippen molar-refractivity contribution in [2.24, 2.45) is 0 Å². The number of esters is 1. The van der Waals surface area contributed by atoms with Crippen molar-refractivity contribution in [1.82, 2.24) is 5.32 Å². The van der Waals surface area contributed by atoms with Crippen LogP contribution in [0.1, 0.15) is 214 Å². The Morgan fingerprint density at radius 3 is 1.22 bits per heavy atom. The van der Waals surface area contributed by atoms with Crippen LogP contribution in [0.4, 0.5) is 0 Å². The summed E-state index contributed by atoms with van der Waals surface area (Å²) < 4.78 is 5.56. The Labute approximate surface area is 284 Å². The van der Waals surface area contributed by atoms with E-state index in [0.717, 1.165) is 43.9 Å². The van der Waals surface area contributed by atoms with Gasteiger partial charge in [0.2, 0.25) is 5.91 Å². The fourth-order valence-corrected chi connectivity index (χ4v) is 6.51. The minimum atomic E-state index is -0.792. The van der Waals surface area contributed by atoms with Gasteiger partial charge in [-0.25, -0.2) is 4.79 Å². The van der Waals surface area contributed by atoms with Crippen molar-refractivity contribution in [3.63, 3.8) is 0 Å². The standard InChI is InChI=1S/C39H75NO4S/c1-6-8-10-12-14-16-18-20-22-24-26-28-30-32-36(41)40-35(38(43)44-39(3,4)5)34-45-37(42)33-31-29-27-25-23-21-19-17-15-13-11-9-7-2/h35H,6-34H2,1-5H3,(H,40,41). The number of carbonyl (C=O) groups is 3. The van der Waals surface area contributed by atoms with Gasteiger partial charge in [0.05, 0.1) is 0 Å². The molecule has 0 aromatic heterocycles. The third-order valence-corrected chi connectivity index (χ3v) is 9.46. The van der Waals surface area contributed by atoms with Gasteiger partial charge in [0.15, 0.2) is 5.12 Å². The second-order valence-corrected chi connectivity index (χ2v) is 15.4. The molecule has 0 spiro atoms. The summed E-state index contributed by atoms with van der Waals surface area (Å²) in [4.78, 5) is 38.0. The molecule has 1 N–H and O–H groups in total. The van der Waals surface area contributed by atoms with Gasteiger partial charge in [0, 0.05) is 18.6 Å². The van der Waals surface area contributed by atoms with Gasteiger partial charge >= 0.3 is 5.97 Å². The molecule has 0 fully saturated rings. The zero-order valence-electron chi connectivity index (χ0n) is 30.6. The number of thioether (sulfide) groups is 1. The van der Waals surface area contributed by atoms with Crippen LogP contribution < -0.4 is 5.32 Å². The van der Waals surface area contributed by atoms with Gasteiger partial charge in [-0.15, -0.1) is 0 Å². The van der Waals surface area contributed by atoms with Gasteiger partial charge < -0.3 is 10.1 Å². The number of amides is 1. The fraction of sp³-hybridized carbons (Fsp3) is 0.923. The second kappa shape index (κ2) is 31.6. The number of hydrogen-bond acceptors (Lipinski definition) is 5. The third kappa shape index (κ3) is 32.7. The first-order valence-electron chi connectivity index (χ1n) is 19.4. The quantitative estimate of drug-likeness (QED) is 0.0578. The predicted molar refractivity (Wildman–Crippen MR) is 196 cm³/mol. The van der Waals surface area contributed by atoms with E-state index < -0.39 is 17.6 Å². The van der Waals surface area contributed by atoms with Gasteiger partial charge in [-0.1, -0.05) is 180 Å². The fourth-order valence-electron chi connectivity index (χ4n) is 5.65. The zero-order valence-corrected chi connectivity index (χ0v) is 31.4. The molecule has 0 saturated heterocycles. The molecule has 0 heterocycles. The molecule has 1 atom stereocenters. The van der Waals surface area contributed by atoms with E-state index in [1.165, 1.54) is 135 Å². The molecule has 0 rings (SSSR count). The van der Waals surface area contributed by atoms with Crippen molar-refractivity contribution in [2.75, 3.05) is 5.75 Å². The summed E-state index contributed by atoms with van der Waals surface area (Å²) in [5.74, 6) is -0.350. The van der Waals surface area contributed by atoms with E-state index >= 15 is 0 Å². The summed E-state index contributed by atoms with van der Waals surface area (Å²) in [6.07, 6.45) is 34.0. The number of hydrogen-bond donors (Lipinski definition) is 1. The first kappa shape index (κ1) is 44.0. The molecular formula is C39H75NO4S. The highest BCUT2D eigenvalue weighted by Crippen LogP contribution is 2.18. The molecule has 1 unspecified atom stereocenters. The summed E-state index contributed by atoms with van der Waals surface area (Å²) in [6, 6.07) is -0.792. The monoisotopic (exact) mass is 654 g/mol. The minimum absolute atomic E-state index is 0.0948. The lowest BCUT2D eigenvalue weighted by atomic mass is 10.0. The average molecular weight is 654 g/mol. The maximum absolute atomic E-state index is 12.8. The Balaban J connectivity index is 4.08. The molecule has 0 aromatic rings. The molecule has 0 saturated carbocycles. The number of nitrogens with one attached hydrogen (secondary N) is 1. The molecule has 0 radical (unpaired) electrons. The van der Waals surface area contributed by atoms with Crippen LogP contribution in [0.15, 0.2) is 0 Å². The highest BCUT2D eigenvalue weighted by atomic mass is 32.2. The van der Waals surface area contributed by atoms with Crippen LogP contribution in [-0.2, 0) is 19.1 Å². The first-order chi connectivity index (χ1) is 21.7. The largest absolute Gasteiger partial charge is 0.458 e. The van der Waals surface area contributed by atoms with Crippen molar-refractivity contribution in [1.29, 1.82) is 0 Å². The number of rotatable bonds is 32. The average Bonchev–Trinajstić information content (AvgIpc) is 2.99. The molecule has 5 nitrogen and oxygen atoms in total. The van der Waals surface area contributed by atoms with E-state index in [-0.39, 0.29) is 16.8 Å². The molecule has 6 heteroatoms. The van der Waals surface area contributed by atoms with Gasteiger partial charge in [-0.3, -0.25) is 9.59 Å². The van der Waals surface area contributed by atoms with Crippen molar-refractivity contribution in [3.05, 3.63) is 0 Å². The zero-order chi connectivity index (χ0) is 33.4. The highest BCUT2D eigenvalue weighted by Gasteiger charge is 2.27. The van der Waals surface area contributed by atoms with E-state index in [2.05, 4.69) is 19.2 Å². The van der Waals surface area contributed by atoms with Crippen LogP contribution >= 0.6 is 11.8 Å². The van der Waals surface area contributed by atoms with E-state index in [1.807, 2.05) is 20.8 Å². The van der Waals surface area contributed by atoms with E-state index in [9.17, 15) is 14.4 Å². The maximum atomic E-state index is 12.8. The lowest BCUT2D eigenvalue weighted by molar-refractivity contribution is -0.157. The lowest BCUT2D eigenvalue weighted by Crippen LogP contribution is -2.46. The van der Waals surface area contributed by atoms with Crippen LogP contribution in [-0.4, -0.2) is 34.4 Å². The van der Waals surface area contributed by atoms with Crippen molar-refractivity contribution in [2.45, 2.75) is 226 Å². The van der Waals surface area contributed by atoms with Gasteiger partial charge in [-0.05, 0) is 33.6 Å². The van der Waals surface area contributed by atoms with Crippen molar-refractivity contribution in [3.8, 4) is 0 Å². The Bertz CT molecular complexity index is 706. The van der Waals surface area contributed by atoms with Gasteiger partial charge in [-0.2, -0.15) is 0 Å². The van der Waals surface area contributed by atoms with Gasteiger partial charge in [0.25, 0.3) is 0 Å². The molecule has 45 heavy (non-hydrogen) atoms. The molecule has 266 valence electrons. The Morgan fingerprint density at radius 2 is 0.867 bits per heavy atom. The Hall–Kier alpha value is -1.04. The number of carbonyl (C=O) groups excluding carboxylic acids is 3. The SMILES string of the molecule is CCCCCCCCCCCCCCCC(=O)NC(CSC(=O)CCCCCCCCCCCCCCC)C(=O)OC(C)(C)C. The topological polar surface area (TPSA) is 72.5 Å². The van der Waals surface area contributed by atoms with Crippen molar-refractivity contribution >= 4 is 28.8 Å². The molecule has 1 amide bonds.